The minimum absolute atomic E-state index is 0.0708. The zero-order valence-corrected chi connectivity index (χ0v) is 13.2. The molecule has 1 fully saturated rings. The number of hydrogen-bond acceptors (Lipinski definition) is 1. The summed E-state index contributed by atoms with van der Waals surface area (Å²) < 4.78 is 42.5. The lowest BCUT2D eigenvalue weighted by Gasteiger charge is -2.29. The molecule has 0 aromatic heterocycles. The standard InChI is InChI=1S/C18H25F3O/c1-2-13-22-17-9-7-16(8-10-17)15-5-3-14(4-6-15)11-12-18(19,20)21/h3-6,16-17H,2,7-13H2,1H3. The molecule has 4 heteroatoms. The second-order valence-corrected chi connectivity index (χ2v) is 6.20. The van der Waals surface area contributed by atoms with Crippen LogP contribution in [0.25, 0.3) is 0 Å². The van der Waals surface area contributed by atoms with Crippen LogP contribution < -0.4 is 0 Å². The van der Waals surface area contributed by atoms with E-state index in [1.54, 1.807) is 0 Å². The summed E-state index contributed by atoms with van der Waals surface area (Å²) in [6.07, 6.45) is 1.08. The van der Waals surface area contributed by atoms with Crippen molar-refractivity contribution in [1.29, 1.82) is 0 Å². The molecule has 0 N–H and O–H groups in total. The molecule has 0 saturated heterocycles. The highest BCUT2D eigenvalue weighted by Crippen LogP contribution is 2.34. The monoisotopic (exact) mass is 314 g/mol. The van der Waals surface area contributed by atoms with E-state index in [0.29, 0.717) is 12.0 Å². The molecule has 1 nitrogen and oxygen atoms in total. The maximum absolute atomic E-state index is 12.2. The third kappa shape index (κ3) is 5.64. The molecule has 1 aromatic rings. The molecule has 0 radical (unpaired) electrons. The fourth-order valence-electron chi connectivity index (χ4n) is 3.09. The van der Waals surface area contributed by atoms with Crippen molar-refractivity contribution in [3.63, 3.8) is 0 Å². The Hall–Kier alpha value is -1.03. The van der Waals surface area contributed by atoms with Gasteiger partial charge in [-0.05, 0) is 55.6 Å². The normalized spacial score (nSPS) is 22.7. The average Bonchev–Trinajstić information content (AvgIpc) is 2.51. The molecule has 0 atom stereocenters. The highest BCUT2D eigenvalue weighted by molar-refractivity contribution is 5.26. The Balaban J connectivity index is 1.81. The predicted octanol–water partition coefficient (Wildman–Crippen LogP) is 5.63. The molecular formula is C18H25F3O. The number of benzene rings is 1. The molecule has 22 heavy (non-hydrogen) atoms. The number of halogens is 3. The van der Waals surface area contributed by atoms with E-state index in [9.17, 15) is 13.2 Å². The van der Waals surface area contributed by atoms with Crippen LogP contribution in [-0.4, -0.2) is 18.9 Å². The van der Waals surface area contributed by atoms with E-state index in [1.165, 1.54) is 5.56 Å². The molecule has 124 valence electrons. The van der Waals surface area contributed by atoms with Crippen LogP contribution in [0.15, 0.2) is 24.3 Å². The number of alkyl halides is 3. The second kappa shape index (κ2) is 8.00. The Morgan fingerprint density at radius 2 is 1.68 bits per heavy atom. The van der Waals surface area contributed by atoms with Gasteiger partial charge in [-0.25, -0.2) is 0 Å². The van der Waals surface area contributed by atoms with Crippen molar-refractivity contribution in [2.45, 2.75) is 70.1 Å². The van der Waals surface area contributed by atoms with E-state index in [-0.39, 0.29) is 6.42 Å². The van der Waals surface area contributed by atoms with Crippen LogP contribution >= 0.6 is 0 Å². The topological polar surface area (TPSA) is 9.23 Å². The zero-order valence-electron chi connectivity index (χ0n) is 13.2. The van der Waals surface area contributed by atoms with Crippen LogP contribution in [0.5, 0.6) is 0 Å². The summed E-state index contributed by atoms with van der Waals surface area (Å²) in [5.41, 5.74) is 2.02. The van der Waals surface area contributed by atoms with Gasteiger partial charge in [0.05, 0.1) is 6.10 Å². The molecule has 1 saturated carbocycles. The molecule has 1 aromatic carbocycles. The lowest BCUT2D eigenvalue weighted by atomic mass is 9.82. The van der Waals surface area contributed by atoms with E-state index >= 15 is 0 Å². The highest BCUT2D eigenvalue weighted by atomic mass is 19.4. The Kier molecular flexibility index (Phi) is 6.30. The van der Waals surface area contributed by atoms with Gasteiger partial charge in [-0.2, -0.15) is 13.2 Å². The maximum Gasteiger partial charge on any atom is 0.389 e. The van der Waals surface area contributed by atoms with Crippen molar-refractivity contribution in [3.8, 4) is 0 Å². The van der Waals surface area contributed by atoms with Crippen LogP contribution in [0.2, 0.25) is 0 Å². The molecular weight excluding hydrogens is 289 g/mol. The molecule has 2 rings (SSSR count). The molecule has 0 bridgehead atoms. The van der Waals surface area contributed by atoms with Gasteiger partial charge in [0.25, 0.3) is 0 Å². The zero-order chi connectivity index (χ0) is 16.0. The molecule has 0 heterocycles. The van der Waals surface area contributed by atoms with Crippen molar-refractivity contribution in [2.24, 2.45) is 0 Å². The van der Waals surface area contributed by atoms with Gasteiger partial charge in [0.2, 0.25) is 0 Å². The third-order valence-corrected chi connectivity index (χ3v) is 4.38. The lowest BCUT2D eigenvalue weighted by molar-refractivity contribution is -0.133. The van der Waals surface area contributed by atoms with Gasteiger partial charge in [-0.1, -0.05) is 31.2 Å². The van der Waals surface area contributed by atoms with Gasteiger partial charge in [-0.3, -0.25) is 0 Å². The van der Waals surface area contributed by atoms with Crippen LogP contribution in [-0.2, 0) is 11.2 Å². The minimum atomic E-state index is -4.07. The van der Waals surface area contributed by atoms with Crippen LogP contribution in [0.4, 0.5) is 13.2 Å². The van der Waals surface area contributed by atoms with Crippen molar-refractivity contribution in [1.82, 2.24) is 0 Å². The molecule has 0 spiro atoms. The Bertz CT molecular complexity index is 431. The molecule has 0 aliphatic heterocycles. The first kappa shape index (κ1) is 17.3. The summed E-state index contributed by atoms with van der Waals surface area (Å²) in [5, 5.41) is 0. The number of ether oxygens (including phenoxy) is 1. The first-order valence-corrected chi connectivity index (χ1v) is 8.25. The smallest absolute Gasteiger partial charge is 0.378 e. The summed E-state index contributed by atoms with van der Waals surface area (Å²) in [6, 6.07) is 7.70. The van der Waals surface area contributed by atoms with E-state index < -0.39 is 12.6 Å². The summed E-state index contributed by atoms with van der Waals surface area (Å²) in [4.78, 5) is 0. The molecule has 0 unspecified atom stereocenters. The van der Waals surface area contributed by atoms with Gasteiger partial charge in [0.1, 0.15) is 0 Å². The molecule has 1 aliphatic carbocycles. The number of aryl methyl sites for hydroxylation is 1. The van der Waals surface area contributed by atoms with E-state index in [0.717, 1.165) is 44.3 Å². The fraction of sp³-hybridized carbons (Fsp3) is 0.667. The Labute approximate surface area is 130 Å². The SMILES string of the molecule is CCCOC1CCC(c2ccc(CCC(F)(F)F)cc2)CC1. The minimum Gasteiger partial charge on any atom is -0.378 e. The first-order valence-electron chi connectivity index (χ1n) is 8.25. The van der Waals surface area contributed by atoms with Crippen molar-refractivity contribution in [3.05, 3.63) is 35.4 Å². The van der Waals surface area contributed by atoms with Gasteiger partial charge in [-0.15, -0.1) is 0 Å². The Morgan fingerprint density at radius 1 is 1.05 bits per heavy atom. The van der Waals surface area contributed by atoms with Crippen LogP contribution in [0.1, 0.15) is 62.5 Å². The van der Waals surface area contributed by atoms with E-state index in [2.05, 4.69) is 6.92 Å². The molecule has 0 amide bonds. The Morgan fingerprint density at radius 3 is 2.23 bits per heavy atom. The third-order valence-electron chi connectivity index (χ3n) is 4.38. The summed E-state index contributed by atoms with van der Waals surface area (Å²) >= 11 is 0. The van der Waals surface area contributed by atoms with Crippen LogP contribution in [0, 0.1) is 0 Å². The predicted molar refractivity (Wildman–Crippen MR) is 82.1 cm³/mol. The number of rotatable bonds is 6. The average molecular weight is 314 g/mol. The fourth-order valence-corrected chi connectivity index (χ4v) is 3.09. The molecule has 1 aliphatic rings. The summed E-state index contributed by atoms with van der Waals surface area (Å²) in [7, 11) is 0. The van der Waals surface area contributed by atoms with Gasteiger partial charge < -0.3 is 4.74 Å². The number of hydrogen-bond donors (Lipinski definition) is 0. The van der Waals surface area contributed by atoms with Crippen LogP contribution in [0.3, 0.4) is 0 Å². The summed E-state index contributed by atoms with van der Waals surface area (Å²) in [6.45, 7) is 2.95. The van der Waals surface area contributed by atoms with Crippen molar-refractivity contribution >= 4 is 0 Å². The van der Waals surface area contributed by atoms with Crippen molar-refractivity contribution in [2.75, 3.05) is 6.61 Å². The van der Waals surface area contributed by atoms with E-state index in [4.69, 9.17) is 4.74 Å². The largest absolute Gasteiger partial charge is 0.389 e. The quantitative estimate of drug-likeness (QED) is 0.661. The summed E-state index contributed by atoms with van der Waals surface area (Å²) in [5.74, 6) is 0.526. The second-order valence-electron chi connectivity index (χ2n) is 6.20. The van der Waals surface area contributed by atoms with E-state index in [1.807, 2.05) is 24.3 Å². The van der Waals surface area contributed by atoms with Gasteiger partial charge in [0, 0.05) is 13.0 Å². The van der Waals surface area contributed by atoms with Crippen molar-refractivity contribution < 1.29 is 17.9 Å². The maximum atomic E-state index is 12.2. The van der Waals surface area contributed by atoms with Gasteiger partial charge in [0.15, 0.2) is 0 Å². The first-order chi connectivity index (χ1) is 10.5. The highest BCUT2D eigenvalue weighted by Gasteiger charge is 2.26. The lowest BCUT2D eigenvalue weighted by Crippen LogP contribution is -2.21. The van der Waals surface area contributed by atoms with Gasteiger partial charge >= 0.3 is 6.18 Å².